The number of benzene rings is 2. The summed E-state index contributed by atoms with van der Waals surface area (Å²) in [6.07, 6.45) is 0.875. The highest BCUT2D eigenvalue weighted by atomic mass is 32.2. The Hall–Kier alpha value is -2.34. The molecule has 0 atom stereocenters. The van der Waals surface area contributed by atoms with Crippen molar-refractivity contribution in [2.45, 2.75) is 11.3 Å². The molecule has 0 saturated heterocycles. The number of hydrogen-bond donors (Lipinski definition) is 0. The summed E-state index contributed by atoms with van der Waals surface area (Å²) in [5.74, 6) is 3.23. The third-order valence-electron chi connectivity index (χ3n) is 3.95. The topological polar surface area (TPSA) is 54.0 Å². The zero-order valence-electron chi connectivity index (χ0n) is 13.7. The van der Waals surface area contributed by atoms with Gasteiger partial charge in [0.1, 0.15) is 13.2 Å². The minimum atomic E-state index is 0.0501. The lowest BCUT2D eigenvalue weighted by molar-refractivity contribution is 0.102. The normalized spacial score (nSPS) is 15.4. The van der Waals surface area contributed by atoms with Crippen molar-refractivity contribution in [3.63, 3.8) is 0 Å². The first kappa shape index (κ1) is 16.1. The van der Waals surface area contributed by atoms with Crippen molar-refractivity contribution >= 4 is 17.5 Å². The maximum Gasteiger partial charge on any atom is 0.173 e. The van der Waals surface area contributed by atoms with Crippen LogP contribution in [0.1, 0.15) is 16.8 Å². The highest BCUT2D eigenvalue weighted by molar-refractivity contribution is 8.00. The predicted molar refractivity (Wildman–Crippen MR) is 94.5 cm³/mol. The van der Waals surface area contributed by atoms with Crippen LogP contribution in [-0.2, 0) is 0 Å². The fraction of sp³-hybridized carbons (Fsp3) is 0.316. The van der Waals surface area contributed by atoms with E-state index in [0.717, 1.165) is 22.8 Å². The lowest BCUT2D eigenvalue weighted by atomic mass is 10.1. The second-order valence-corrected chi connectivity index (χ2v) is 6.78. The molecule has 0 amide bonds. The molecule has 0 aliphatic carbocycles. The Balaban J connectivity index is 1.42. The van der Waals surface area contributed by atoms with Gasteiger partial charge in [-0.15, -0.1) is 11.8 Å². The Morgan fingerprint density at radius 3 is 2.28 bits per heavy atom. The summed E-state index contributed by atoms with van der Waals surface area (Å²) in [5.41, 5.74) is 0.631. The predicted octanol–water partition coefficient (Wildman–Crippen LogP) is 3.59. The summed E-state index contributed by atoms with van der Waals surface area (Å²) >= 11 is 1.48. The molecule has 5 nitrogen and oxygen atoms in total. The average Bonchev–Trinajstić information content (AvgIpc) is 2.90. The Kier molecular flexibility index (Phi) is 4.70. The summed E-state index contributed by atoms with van der Waals surface area (Å²) in [5, 5.41) is 0. The van der Waals surface area contributed by atoms with Gasteiger partial charge in [0.15, 0.2) is 28.8 Å². The van der Waals surface area contributed by atoms with Crippen LogP contribution in [0.4, 0.5) is 0 Å². The SMILES string of the molecule is O=C(CSc1ccc2c(c1)OCCCO2)c1ccc2c(c1)OCCO2. The molecular weight excluding hydrogens is 340 g/mol. The average molecular weight is 358 g/mol. The highest BCUT2D eigenvalue weighted by Crippen LogP contribution is 2.35. The van der Waals surface area contributed by atoms with Gasteiger partial charge in [0, 0.05) is 16.9 Å². The summed E-state index contributed by atoms with van der Waals surface area (Å²) < 4.78 is 22.3. The summed E-state index contributed by atoms with van der Waals surface area (Å²) in [6, 6.07) is 11.1. The van der Waals surface area contributed by atoms with Gasteiger partial charge in [0.05, 0.1) is 19.0 Å². The Labute approximate surface area is 150 Å². The number of carbonyl (C=O) groups is 1. The molecule has 0 fully saturated rings. The van der Waals surface area contributed by atoms with E-state index in [9.17, 15) is 4.79 Å². The highest BCUT2D eigenvalue weighted by Gasteiger charge is 2.16. The van der Waals surface area contributed by atoms with Gasteiger partial charge in [-0.1, -0.05) is 0 Å². The van der Waals surface area contributed by atoms with Gasteiger partial charge in [-0.3, -0.25) is 4.79 Å². The second-order valence-electron chi connectivity index (χ2n) is 5.73. The Morgan fingerprint density at radius 2 is 1.44 bits per heavy atom. The van der Waals surface area contributed by atoms with Crippen molar-refractivity contribution in [3.8, 4) is 23.0 Å². The number of hydrogen-bond acceptors (Lipinski definition) is 6. The van der Waals surface area contributed by atoms with Crippen molar-refractivity contribution in [1.82, 2.24) is 0 Å². The molecule has 2 aromatic rings. The molecule has 0 N–H and O–H groups in total. The number of thioether (sulfide) groups is 1. The van der Waals surface area contributed by atoms with Crippen LogP contribution in [0.25, 0.3) is 0 Å². The van der Waals surface area contributed by atoms with E-state index in [-0.39, 0.29) is 5.78 Å². The first-order valence-corrected chi connectivity index (χ1v) is 9.23. The minimum absolute atomic E-state index is 0.0501. The molecule has 2 aliphatic heterocycles. The largest absolute Gasteiger partial charge is 0.490 e. The second kappa shape index (κ2) is 7.27. The number of ether oxygens (including phenoxy) is 4. The van der Waals surface area contributed by atoms with Gasteiger partial charge >= 0.3 is 0 Å². The van der Waals surface area contributed by atoms with E-state index >= 15 is 0 Å². The van der Waals surface area contributed by atoms with E-state index in [0.29, 0.717) is 49.2 Å². The van der Waals surface area contributed by atoms with Crippen LogP contribution >= 0.6 is 11.8 Å². The number of fused-ring (bicyclic) bond motifs is 2. The third kappa shape index (κ3) is 3.69. The van der Waals surface area contributed by atoms with Gasteiger partial charge < -0.3 is 18.9 Å². The smallest absolute Gasteiger partial charge is 0.173 e. The molecule has 2 aliphatic rings. The molecular formula is C19H18O5S. The van der Waals surface area contributed by atoms with Crippen molar-refractivity contribution in [3.05, 3.63) is 42.0 Å². The van der Waals surface area contributed by atoms with Crippen LogP contribution in [0.2, 0.25) is 0 Å². The summed E-state index contributed by atoms with van der Waals surface area (Å²) in [6.45, 7) is 2.37. The van der Waals surface area contributed by atoms with E-state index in [4.69, 9.17) is 18.9 Å². The van der Waals surface area contributed by atoms with Crippen LogP contribution in [0, 0.1) is 0 Å². The number of rotatable bonds is 4. The van der Waals surface area contributed by atoms with Crippen molar-refractivity contribution in [2.24, 2.45) is 0 Å². The van der Waals surface area contributed by atoms with Crippen molar-refractivity contribution < 1.29 is 23.7 Å². The van der Waals surface area contributed by atoms with E-state index in [1.807, 2.05) is 18.2 Å². The van der Waals surface area contributed by atoms with Crippen molar-refractivity contribution in [2.75, 3.05) is 32.2 Å². The fourth-order valence-electron chi connectivity index (χ4n) is 2.68. The fourth-order valence-corrected chi connectivity index (χ4v) is 3.50. The molecule has 0 spiro atoms. The third-order valence-corrected chi connectivity index (χ3v) is 4.95. The quantitative estimate of drug-likeness (QED) is 0.615. The minimum Gasteiger partial charge on any atom is -0.490 e. The molecule has 25 heavy (non-hydrogen) atoms. The lowest BCUT2D eigenvalue weighted by Gasteiger charge is -2.18. The molecule has 0 bridgehead atoms. The van der Waals surface area contributed by atoms with Gasteiger partial charge in [0.2, 0.25) is 0 Å². The van der Waals surface area contributed by atoms with Gasteiger partial charge in [-0.2, -0.15) is 0 Å². The van der Waals surface area contributed by atoms with Crippen LogP contribution in [-0.4, -0.2) is 38.0 Å². The molecule has 2 heterocycles. The van der Waals surface area contributed by atoms with E-state index < -0.39 is 0 Å². The molecule has 0 aromatic heterocycles. The zero-order chi connectivity index (χ0) is 17.1. The maximum atomic E-state index is 12.5. The molecule has 130 valence electrons. The van der Waals surface area contributed by atoms with Crippen LogP contribution in [0.5, 0.6) is 23.0 Å². The monoisotopic (exact) mass is 358 g/mol. The van der Waals surface area contributed by atoms with E-state index in [2.05, 4.69) is 0 Å². The molecule has 2 aromatic carbocycles. The molecule has 0 saturated carbocycles. The van der Waals surface area contributed by atoms with Crippen LogP contribution in [0.3, 0.4) is 0 Å². The number of Topliss-reactive ketones (excluding diaryl/α,β-unsaturated/α-hetero) is 1. The summed E-state index contributed by atoms with van der Waals surface area (Å²) in [4.78, 5) is 13.5. The van der Waals surface area contributed by atoms with Crippen LogP contribution < -0.4 is 18.9 Å². The number of ketones is 1. The molecule has 6 heteroatoms. The lowest BCUT2D eigenvalue weighted by Crippen LogP contribution is -2.16. The van der Waals surface area contributed by atoms with Crippen molar-refractivity contribution in [1.29, 1.82) is 0 Å². The Morgan fingerprint density at radius 1 is 0.800 bits per heavy atom. The first-order chi connectivity index (χ1) is 12.3. The molecule has 0 radical (unpaired) electrons. The summed E-state index contributed by atoms with van der Waals surface area (Å²) in [7, 11) is 0. The number of carbonyl (C=O) groups excluding carboxylic acids is 1. The van der Waals surface area contributed by atoms with E-state index in [1.54, 1.807) is 18.2 Å². The zero-order valence-corrected chi connectivity index (χ0v) is 14.5. The molecule has 4 rings (SSSR count). The van der Waals surface area contributed by atoms with Gasteiger partial charge in [-0.05, 0) is 36.4 Å². The standard InChI is InChI=1S/C19H18O5S/c20-15(13-2-4-16-18(10-13)24-9-8-23-16)12-25-14-3-5-17-19(11-14)22-7-1-6-21-17/h2-5,10-11H,1,6-9,12H2. The maximum absolute atomic E-state index is 12.5. The van der Waals surface area contributed by atoms with E-state index in [1.165, 1.54) is 11.8 Å². The molecule has 0 unspecified atom stereocenters. The van der Waals surface area contributed by atoms with Crippen LogP contribution in [0.15, 0.2) is 41.3 Å². The van der Waals surface area contributed by atoms with Gasteiger partial charge in [-0.25, -0.2) is 0 Å². The first-order valence-electron chi connectivity index (χ1n) is 8.25. The van der Waals surface area contributed by atoms with Gasteiger partial charge in [0.25, 0.3) is 0 Å². The Bertz CT molecular complexity index is 789.